The lowest BCUT2D eigenvalue weighted by atomic mass is 9.80. The van der Waals surface area contributed by atoms with Gasteiger partial charge in [-0.3, -0.25) is 9.78 Å². The van der Waals surface area contributed by atoms with Crippen LogP contribution in [0.4, 0.5) is 0 Å². The summed E-state index contributed by atoms with van der Waals surface area (Å²) in [5.41, 5.74) is 0.984. The number of nitriles is 1. The van der Waals surface area contributed by atoms with Gasteiger partial charge in [-0.15, -0.1) is 0 Å². The van der Waals surface area contributed by atoms with Gasteiger partial charge >= 0.3 is 5.69 Å². The number of H-pyrrole nitrogens is 1. The van der Waals surface area contributed by atoms with Crippen LogP contribution in [-0.4, -0.2) is 72.5 Å². The molecule has 1 aromatic heterocycles. The predicted molar refractivity (Wildman–Crippen MR) is 206 cm³/mol. The van der Waals surface area contributed by atoms with E-state index in [4.69, 9.17) is 23.3 Å². The number of methoxy groups -OCH3 is 2. The smallest absolute Gasteiger partial charge is 0.347 e. The van der Waals surface area contributed by atoms with E-state index in [1.54, 1.807) is 27.3 Å². The molecule has 12 nitrogen and oxygen atoms in total. The fourth-order valence-corrected chi connectivity index (χ4v) is 8.53. The van der Waals surface area contributed by atoms with E-state index in [0.29, 0.717) is 30.0 Å². The molecule has 3 aromatic carbocycles. The third kappa shape index (κ3) is 9.01. The van der Waals surface area contributed by atoms with Gasteiger partial charge in [0, 0.05) is 30.3 Å². The van der Waals surface area contributed by atoms with Crippen LogP contribution in [0, 0.1) is 18.3 Å². The van der Waals surface area contributed by atoms with E-state index in [2.05, 4.69) is 43.4 Å². The summed E-state index contributed by atoms with van der Waals surface area (Å²) in [6.07, 6.45) is 1.92. The van der Waals surface area contributed by atoms with Crippen LogP contribution in [0.15, 0.2) is 94.6 Å². The van der Waals surface area contributed by atoms with Crippen molar-refractivity contribution in [1.82, 2.24) is 14.3 Å². The molecule has 5 rings (SSSR count). The molecule has 13 heteroatoms. The maximum atomic E-state index is 13.4. The first-order valence-corrected chi connectivity index (χ1v) is 19.0. The van der Waals surface area contributed by atoms with Crippen molar-refractivity contribution in [2.75, 3.05) is 39.0 Å². The van der Waals surface area contributed by atoms with Gasteiger partial charge in [-0.1, -0.05) is 54.6 Å². The number of hydrogen-bond acceptors (Lipinski definition) is 10. The Morgan fingerprint density at radius 1 is 0.906 bits per heavy atom. The standard InChI is InChI=1S/C40H50N5O7P/c1-28(2)45(29(3)4)53(51-23-11-22-41)52-37-24-34(43(26-37)44-25-30(5)38(46)42-39(44)47)27-50-40(31-12-9-8-10-13-31,32-14-18-35(48-6)19-15-32)33-16-20-36(49-7)21-17-33/h8-10,12-21,25,28-29,34,37H,11,23-24,26-27H2,1-7H3,(H,42,46,47)/t34-,37+,53?/m0/s1. The molecule has 1 aliphatic heterocycles. The first kappa shape index (κ1) is 39.7. The lowest BCUT2D eigenvalue weighted by Gasteiger charge is -2.38. The molecule has 0 saturated carbocycles. The van der Waals surface area contributed by atoms with Crippen molar-refractivity contribution in [2.24, 2.45) is 0 Å². The van der Waals surface area contributed by atoms with Gasteiger partial charge in [0.15, 0.2) is 0 Å². The van der Waals surface area contributed by atoms with Crippen LogP contribution in [0.25, 0.3) is 0 Å². The zero-order valence-electron chi connectivity index (χ0n) is 31.5. The number of aromatic nitrogens is 2. The molecule has 0 spiro atoms. The number of hydrogen-bond donors (Lipinski definition) is 1. The summed E-state index contributed by atoms with van der Waals surface area (Å²) in [6, 6.07) is 27.7. The highest BCUT2D eigenvalue weighted by Crippen LogP contribution is 2.49. The van der Waals surface area contributed by atoms with Crippen LogP contribution in [0.1, 0.15) is 62.8 Å². The van der Waals surface area contributed by atoms with Crippen LogP contribution < -0.4 is 25.7 Å². The zero-order valence-corrected chi connectivity index (χ0v) is 32.4. The molecule has 2 heterocycles. The van der Waals surface area contributed by atoms with E-state index in [1.807, 2.05) is 83.9 Å². The van der Waals surface area contributed by atoms with Gasteiger partial charge in [0.25, 0.3) is 14.1 Å². The van der Waals surface area contributed by atoms with Gasteiger partial charge in [-0.2, -0.15) is 5.26 Å². The lowest BCUT2D eigenvalue weighted by molar-refractivity contribution is 0.00191. The Morgan fingerprint density at radius 2 is 1.47 bits per heavy atom. The van der Waals surface area contributed by atoms with E-state index in [-0.39, 0.29) is 43.9 Å². The molecule has 0 bridgehead atoms. The summed E-state index contributed by atoms with van der Waals surface area (Å²) in [5.74, 6) is 1.43. The van der Waals surface area contributed by atoms with Crippen LogP contribution in [0.5, 0.6) is 11.5 Å². The highest BCUT2D eigenvalue weighted by molar-refractivity contribution is 7.44. The molecule has 53 heavy (non-hydrogen) atoms. The molecule has 0 radical (unpaired) electrons. The number of aromatic amines is 1. The van der Waals surface area contributed by atoms with Gasteiger partial charge in [-0.25, -0.2) is 14.1 Å². The van der Waals surface area contributed by atoms with E-state index in [0.717, 1.165) is 16.7 Å². The van der Waals surface area contributed by atoms with Gasteiger partial charge in [-0.05, 0) is 75.6 Å². The van der Waals surface area contributed by atoms with Crippen LogP contribution in [0.3, 0.4) is 0 Å². The summed E-state index contributed by atoms with van der Waals surface area (Å²) in [6.45, 7) is 10.8. The summed E-state index contributed by atoms with van der Waals surface area (Å²) in [7, 11) is 1.71. The van der Waals surface area contributed by atoms with Crippen LogP contribution in [-0.2, 0) is 19.4 Å². The molecular weight excluding hydrogens is 693 g/mol. The maximum Gasteiger partial charge on any atom is 0.347 e. The zero-order chi connectivity index (χ0) is 38.1. The number of nitrogens with one attached hydrogen (secondary N) is 1. The van der Waals surface area contributed by atoms with Crippen molar-refractivity contribution < 1.29 is 23.3 Å². The van der Waals surface area contributed by atoms with Gasteiger partial charge in [0.05, 0.1) is 58.6 Å². The molecule has 0 aliphatic carbocycles. The average Bonchev–Trinajstić information content (AvgIpc) is 3.56. The van der Waals surface area contributed by atoms with E-state index < -0.39 is 25.4 Å². The van der Waals surface area contributed by atoms with Crippen molar-refractivity contribution in [3.8, 4) is 17.6 Å². The van der Waals surface area contributed by atoms with Crippen molar-refractivity contribution in [3.05, 3.63) is 128 Å². The second-order valence-corrected chi connectivity index (χ2v) is 14.9. The normalized spacial score (nSPS) is 16.7. The Bertz CT molecular complexity index is 1870. The third-order valence-corrected chi connectivity index (χ3v) is 11.5. The van der Waals surface area contributed by atoms with Crippen molar-refractivity contribution >= 4 is 8.53 Å². The Labute approximate surface area is 312 Å². The first-order valence-electron chi connectivity index (χ1n) is 17.8. The van der Waals surface area contributed by atoms with E-state index >= 15 is 0 Å². The molecule has 1 saturated heterocycles. The van der Waals surface area contributed by atoms with E-state index in [9.17, 15) is 14.9 Å². The fraction of sp³-hybridized carbons (Fsp3) is 0.425. The third-order valence-electron chi connectivity index (χ3n) is 9.29. The summed E-state index contributed by atoms with van der Waals surface area (Å²) in [5, 5.41) is 11.1. The largest absolute Gasteiger partial charge is 0.497 e. The molecule has 0 amide bonds. The van der Waals surface area contributed by atoms with Gasteiger partial charge in [0.1, 0.15) is 17.1 Å². The molecule has 1 unspecified atom stereocenters. The Hall–Kier alpha value is -4.50. The monoisotopic (exact) mass is 743 g/mol. The van der Waals surface area contributed by atoms with Crippen LogP contribution in [0.2, 0.25) is 0 Å². The highest BCUT2D eigenvalue weighted by atomic mass is 31.2. The average molecular weight is 744 g/mol. The summed E-state index contributed by atoms with van der Waals surface area (Å²) < 4.78 is 35.0. The maximum absolute atomic E-state index is 13.4. The second kappa shape index (κ2) is 18.0. The molecule has 4 aromatic rings. The molecule has 3 atom stereocenters. The molecule has 282 valence electrons. The van der Waals surface area contributed by atoms with E-state index in [1.165, 1.54) is 4.68 Å². The molecular formula is C40H50N5O7P. The molecule has 1 aliphatic rings. The fourth-order valence-electron chi connectivity index (χ4n) is 6.81. The van der Waals surface area contributed by atoms with Gasteiger partial charge < -0.3 is 28.3 Å². The lowest BCUT2D eigenvalue weighted by Crippen LogP contribution is -2.50. The predicted octanol–water partition coefficient (Wildman–Crippen LogP) is 6.24. The summed E-state index contributed by atoms with van der Waals surface area (Å²) >= 11 is 0. The van der Waals surface area contributed by atoms with Gasteiger partial charge in [0.2, 0.25) is 0 Å². The number of nitrogens with zero attached hydrogens (tertiary/aromatic N) is 4. The van der Waals surface area contributed by atoms with Crippen molar-refractivity contribution in [1.29, 1.82) is 5.26 Å². The number of ether oxygens (including phenoxy) is 3. The number of aryl methyl sites for hydroxylation is 1. The summed E-state index contributed by atoms with van der Waals surface area (Å²) in [4.78, 5) is 28.3. The minimum absolute atomic E-state index is 0.116. The first-order chi connectivity index (χ1) is 25.5. The minimum atomic E-state index is -1.56. The molecule has 1 N–H and O–H groups in total. The Balaban J connectivity index is 1.59. The van der Waals surface area contributed by atoms with Crippen molar-refractivity contribution in [2.45, 2.75) is 77.3 Å². The van der Waals surface area contributed by atoms with Crippen LogP contribution >= 0.6 is 8.53 Å². The Morgan fingerprint density at radius 3 is 2.00 bits per heavy atom. The second-order valence-electron chi connectivity index (χ2n) is 13.5. The topological polar surface area (TPSA) is 131 Å². The number of rotatable bonds is 17. The number of benzene rings is 3. The SMILES string of the molecule is COc1ccc(C(OC[C@@H]2C[C@@H](OP(OCCC#N)N(C(C)C)C(C)C)CN2n2cc(C)c(=O)[nH]c2=O)(c2ccccc2)c2ccc(OC)cc2)cc1. The highest BCUT2D eigenvalue weighted by Gasteiger charge is 2.43. The molecule has 1 fully saturated rings. The van der Waals surface area contributed by atoms with Crippen molar-refractivity contribution in [3.63, 3.8) is 0 Å². The minimum Gasteiger partial charge on any atom is -0.497 e. The quantitative estimate of drug-likeness (QED) is 0.0753. The Kier molecular flexibility index (Phi) is 13.5.